The number of benzene rings is 2. The number of thioether (sulfide) groups is 1. The Balaban J connectivity index is 1.84. The quantitative estimate of drug-likeness (QED) is 0.292. The third kappa shape index (κ3) is 6.61. The standard InChI is InChI=1S/C19H19N3O6S/c1-12(29-16-8-6-15(7-9-16)22(26)27)19(25)28-11-17(23)21-14-5-3-4-13(10-14)18(24)20-2/h3-10,12H,11H2,1-2H3,(H,20,24)(H,21,23)/t12-/m0/s1. The molecule has 1 atom stereocenters. The average molecular weight is 417 g/mol. The predicted molar refractivity (Wildman–Crippen MR) is 108 cm³/mol. The number of carbonyl (C=O) groups is 3. The summed E-state index contributed by atoms with van der Waals surface area (Å²) in [6.07, 6.45) is 0. The SMILES string of the molecule is CNC(=O)c1cccc(NC(=O)COC(=O)[C@H](C)Sc2ccc([N+](=O)[O-])cc2)c1. The van der Waals surface area contributed by atoms with Gasteiger partial charge in [0, 0.05) is 35.3 Å². The molecule has 0 aromatic heterocycles. The molecule has 2 N–H and O–H groups in total. The van der Waals surface area contributed by atoms with Crippen molar-refractivity contribution in [2.45, 2.75) is 17.1 Å². The minimum Gasteiger partial charge on any atom is -0.455 e. The predicted octanol–water partition coefficient (Wildman–Crippen LogP) is 2.62. The molecule has 0 aliphatic carbocycles. The maximum atomic E-state index is 12.1. The maximum Gasteiger partial charge on any atom is 0.319 e. The second-order valence-electron chi connectivity index (χ2n) is 5.83. The molecule has 0 bridgehead atoms. The van der Waals surface area contributed by atoms with Crippen molar-refractivity contribution >= 4 is 40.9 Å². The van der Waals surface area contributed by atoms with E-state index in [2.05, 4.69) is 10.6 Å². The van der Waals surface area contributed by atoms with Crippen LogP contribution in [-0.4, -0.2) is 41.6 Å². The molecular weight excluding hydrogens is 398 g/mol. The molecule has 0 saturated heterocycles. The summed E-state index contributed by atoms with van der Waals surface area (Å²) in [5.41, 5.74) is 0.748. The van der Waals surface area contributed by atoms with Crippen LogP contribution in [0.4, 0.5) is 11.4 Å². The number of nitro benzene ring substituents is 1. The van der Waals surface area contributed by atoms with Gasteiger partial charge in [0.2, 0.25) is 0 Å². The van der Waals surface area contributed by atoms with E-state index in [4.69, 9.17) is 4.74 Å². The summed E-state index contributed by atoms with van der Waals surface area (Å²) in [5, 5.41) is 15.1. The van der Waals surface area contributed by atoms with Crippen molar-refractivity contribution in [2.75, 3.05) is 19.0 Å². The number of rotatable bonds is 8. The van der Waals surface area contributed by atoms with E-state index in [0.717, 1.165) is 11.8 Å². The molecule has 0 fully saturated rings. The number of esters is 1. The summed E-state index contributed by atoms with van der Waals surface area (Å²) in [5.74, 6) is -1.42. The van der Waals surface area contributed by atoms with Gasteiger partial charge in [-0.3, -0.25) is 24.5 Å². The van der Waals surface area contributed by atoms with Gasteiger partial charge in [0.25, 0.3) is 17.5 Å². The Bertz CT molecular complexity index is 916. The largest absolute Gasteiger partial charge is 0.455 e. The lowest BCUT2D eigenvalue weighted by molar-refractivity contribution is -0.384. The molecule has 0 unspecified atom stereocenters. The lowest BCUT2D eigenvalue weighted by Gasteiger charge is -2.11. The lowest BCUT2D eigenvalue weighted by Crippen LogP contribution is -2.25. The first kappa shape index (κ1) is 21.9. The summed E-state index contributed by atoms with van der Waals surface area (Å²) in [6, 6.07) is 12.1. The summed E-state index contributed by atoms with van der Waals surface area (Å²) in [4.78, 5) is 46.5. The first-order valence-electron chi connectivity index (χ1n) is 8.50. The maximum absolute atomic E-state index is 12.1. The molecule has 0 aliphatic rings. The van der Waals surface area contributed by atoms with Gasteiger partial charge in [0.1, 0.15) is 5.25 Å². The van der Waals surface area contributed by atoms with Crippen LogP contribution in [0.1, 0.15) is 17.3 Å². The first-order valence-corrected chi connectivity index (χ1v) is 9.38. The highest BCUT2D eigenvalue weighted by atomic mass is 32.2. The third-order valence-corrected chi connectivity index (χ3v) is 4.76. The first-order chi connectivity index (χ1) is 13.8. The van der Waals surface area contributed by atoms with E-state index in [1.807, 2.05) is 0 Å². The van der Waals surface area contributed by atoms with E-state index in [1.54, 1.807) is 37.3 Å². The third-order valence-electron chi connectivity index (χ3n) is 3.67. The molecule has 0 aliphatic heterocycles. The molecule has 2 rings (SSSR count). The van der Waals surface area contributed by atoms with Crippen LogP contribution in [0.2, 0.25) is 0 Å². The zero-order valence-electron chi connectivity index (χ0n) is 15.7. The van der Waals surface area contributed by atoms with E-state index in [0.29, 0.717) is 16.1 Å². The van der Waals surface area contributed by atoms with Crippen LogP contribution in [0.5, 0.6) is 0 Å². The minimum absolute atomic E-state index is 0.0401. The highest BCUT2D eigenvalue weighted by molar-refractivity contribution is 8.00. The van der Waals surface area contributed by atoms with Crippen molar-refractivity contribution in [1.82, 2.24) is 5.32 Å². The van der Waals surface area contributed by atoms with Gasteiger partial charge in [-0.15, -0.1) is 11.8 Å². The topological polar surface area (TPSA) is 128 Å². The molecule has 2 aromatic carbocycles. The molecule has 0 spiro atoms. The molecule has 0 radical (unpaired) electrons. The number of carbonyl (C=O) groups excluding carboxylic acids is 3. The van der Waals surface area contributed by atoms with Gasteiger partial charge >= 0.3 is 5.97 Å². The normalized spacial score (nSPS) is 11.2. The van der Waals surface area contributed by atoms with Crippen LogP contribution < -0.4 is 10.6 Å². The van der Waals surface area contributed by atoms with Crippen LogP contribution in [0.25, 0.3) is 0 Å². The Morgan fingerprint density at radius 2 is 1.86 bits per heavy atom. The second kappa shape index (κ2) is 10.2. The molecule has 0 heterocycles. The summed E-state index contributed by atoms with van der Waals surface area (Å²) in [7, 11) is 1.50. The Labute approximate surface area is 171 Å². The van der Waals surface area contributed by atoms with Crippen LogP contribution in [0, 0.1) is 10.1 Å². The lowest BCUT2D eigenvalue weighted by atomic mass is 10.2. The van der Waals surface area contributed by atoms with Gasteiger partial charge in [-0.1, -0.05) is 6.07 Å². The van der Waals surface area contributed by atoms with E-state index in [9.17, 15) is 24.5 Å². The van der Waals surface area contributed by atoms with Crippen LogP contribution >= 0.6 is 11.8 Å². The number of anilines is 1. The Hall–Kier alpha value is -3.40. The van der Waals surface area contributed by atoms with Crippen molar-refractivity contribution in [2.24, 2.45) is 0 Å². The molecular formula is C19H19N3O6S. The number of non-ortho nitro benzene ring substituents is 1. The average Bonchev–Trinajstić information content (AvgIpc) is 2.71. The van der Waals surface area contributed by atoms with Gasteiger partial charge < -0.3 is 15.4 Å². The van der Waals surface area contributed by atoms with Gasteiger partial charge in [0.05, 0.1) is 4.92 Å². The number of nitrogens with one attached hydrogen (secondary N) is 2. The molecule has 29 heavy (non-hydrogen) atoms. The van der Waals surface area contributed by atoms with Gasteiger partial charge in [0.15, 0.2) is 6.61 Å². The van der Waals surface area contributed by atoms with Crippen molar-refractivity contribution < 1.29 is 24.0 Å². The Morgan fingerprint density at radius 1 is 1.17 bits per heavy atom. The Morgan fingerprint density at radius 3 is 2.48 bits per heavy atom. The fourth-order valence-electron chi connectivity index (χ4n) is 2.23. The zero-order valence-corrected chi connectivity index (χ0v) is 16.5. The van der Waals surface area contributed by atoms with Crippen molar-refractivity contribution in [3.05, 3.63) is 64.2 Å². The smallest absolute Gasteiger partial charge is 0.319 e. The van der Waals surface area contributed by atoms with Gasteiger partial charge in [-0.25, -0.2) is 0 Å². The number of nitro groups is 1. The van der Waals surface area contributed by atoms with E-state index in [-0.39, 0.29) is 11.6 Å². The van der Waals surface area contributed by atoms with Crippen molar-refractivity contribution in [3.63, 3.8) is 0 Å². The number of nitrogens with zero attached hydrogens (tertiary/aromatic N) is 1. The highest BCUT2D eigenvalue weighted by Gasteiger charge is 2.18. The second-order valence-corrected chi connectivity index (χ2v) is 7.24. The monoisotopic (exact) mass is 417 g/mol. The van der Waals surface area contributed by atoms with Crippen LogP contribution in [0.3, 0.4) is 0 Å². The van der Waals surface area contributed by atoms with Gasteiger partial charge in [-0.05, 0) is 37.3 Å². The summed E-state index contributed by atoms with van der Waals surface area (Å²) >= 11 is 1.16. The molecule has 0 saturated carbocycles. The zero-order chi connectivity index (χ0) is 21.4. The van der Waals surface area contributed by atoms with E-state index in [1.165, 1.54) is 25.2 Å². The van der Waals surface area contributed by atoms with E-state index >= 15 is 0 Å². The fraction of sp³-hybridized carbons (Fsp3) is 0.211. The summed E-state index contributed by atoms with van der Waals surface area (Å²) in [6.45, 7) is 1.13. The molecule has 2 amide bonds. The minimum atomic E-state index is -0.610. The highest BCUT2D eigenvalue weighted by Crippen LogP contribution is 2.26. The van der Waals surface area contributed by atoms with E-state index < -0.39 is 28.7 Å². The van der Waals surface area contributed by atoms with Crippen LogP contribution in [0.15, 0.2) is 53.4 Å². The number of amides is 2. The molecule has 10 heteroatoms. The number of ether oxygens (including phenoxy) is 1. The van der Waals surface area contributed by atoms with Crippen molar-refractivity contribution in [1.29, 1.82) is 0 Å². The number of hydrogen-bond donors (Lipinski definition) is 2. The Kier molecular flexibility index (Phi) is 7.72. The molecule has 2 aromatic rings. The fourth-order valence-corrected chi connectivity index (χ4v) is 3.10. The molecule has 9 nitrogen and oxygen atoms in total. The molecule has 152 valence electrons. The summed E-state index contributed by atoms with van der Waals surface area (Å²) < 4.78 is 5.01. The van der Waals surface area contributed by atoms with Crippen molar-refractivity contribution in [3.8, 4) is 0 Å². The van der Waals surface area contributed by atoms with Crippen LogP contribution in [-0.2, 0) is 14.3 Å². The number of hydrogen-bond acceptors (Lipinski definition) is 7. The van der Waals surface area contributed by atoms with Gasteiger partial charge in [-0.2, -0.15) is 0 Å².